The Morgan fingerprint density at radius 1 is 1.44 bits per heavy atom. The van der Waals surface area contributed by atoms with E-state index in [1.807, 2.05) is 12.3 Å². The molecule has 2 aromatic rings. The first-order chi connectivity index (χ1) is 7.88. The van der Waals surface area contributed by atoms with Gasteiger partial charge in [-0.2, -0.15) is 4.37 Å². The lowest BCUT2D eigenvalue weighted by atomic mass is 10.3. The average molecular weight is 252 g/mol. The van der Waals surface area contributed by atoms with Crippen molar-refractivity contribution >= 4 is 29.1 Å². The molecule has 0 aliphatic heterocycles. The Hall–Kier alpha value is -1.14. The maximum atomic E-state index is 4.23. The molecule has 4 nitrogen and oxygen atoms in total. The number of nitrogens with zero attached hydrogens (tertiary/aromatic N) is 3. The highest BCUT2D eigenvalue weighted by atomic mass is 32.2. The molecule has 0 fully saturated rings. The quantitative estimate of drug-likeness (QED) is 0.829. The minimum Gasteiger partial charge on any atom is -0.370 e. The van der Waals surface area contributed by atoms with Crippen LogP contribution in [-0.2, 0) is 5.75 Å². The maximum Gasteiger partial charge on any atom is 0.170 e. The van der Waals surface area contributed by atoms with Crippen molar-refractivity contribution in [2.45, 2.75) is 17.0 Å². The van der Waals surface area contributed by atoms with Crippen LogP contribution >= 0.6 is 23.3 Å². The second-order valence-electron chi connectivity index (χ2n) is 3.08. The Kier molecular flexibility index (Phi) is 4.12. The minimum absolute atomic E-state index is 0.889. The smallest absolute Gasteiger partial charge is 0.170 e. The molecule has 0 unspecified atom stereocenters. The normalized spacial score (nSPS) is 10.3. The standard InChI is InChI=1S/C10H12N4S2/c1-2-11-9-5-8(3-4-12-9)6-15-10-13-7-14-16-10/h3-5,7H,2,6H2,1H3,(H,11,12). The first kappa shape index (κ1) is 11.3. The number of pyridine rings is 1. The van der Waals surface area contributed by atoms with Gasteiger partial charge in [-0.1, -0.05) is 11.8 Å². The van der Waals surface area contributed by atoms with Crippen LogP contribution in [0.5, 0.6) is 0 Å². The summed E-state index contributed by atoms with van der Waals surface area (Å²) in [5.74, 6) is 1.83. The van der Waals surface area contributed by atoms with E-state index in [2.05, 4.69) is 32.6 Å². The van der Waals surface area contributed by atoms with E-state index in [0.29, 0.717) is 0 Å². The van der Waals surface area contributed by atoms with Crippen LogP contribution in [0, 0.1) is 0 Å². The number of rotatable bonds is 5. The van der Waals surface area contributed by atoms with Gasteiger partial charge in [0.1, 0.15) is 12.1 Å². The van der Waals surface area contributed by atoms with E-state index in [9.17, 15) is 0 Å². The van der Waals surface area contributed by atoms with Gasteiger partial charge in [0.25, 0.3) is 0 Å². The zero-order valence-electron chi connectivity index (χ0n) is 8.88. The Morgan fingerprint density at radius 3 is 3.12 bits per heavy atom. The molecule has 2 rings (SSSR count). The van der Waals surface area contributed by atoms with Crippen LogP contribution in [0.3, 0.4) is 0 Å². The molecule has 0 radical (unpaired) electrons. The molecule has 84 valence electrons. The number of hydrogen-bond acceptors (Lipinski definition) is 6. The third kappa shape index (κ3) is 3.18. The summed E-state index contributed by atoms with van der Waals surface area (Å²) in [7, 11) is 0. The van der Waals surface area contributed by atoms with Gasteiger partial charge in [0, 0.05) is 18.5 Å². The van der Waals surface area contributed by atoms with Crippen molar-refractivity contribution in [1.29, 1.82) is 0 Å². The van der Waals surface area contributed by atoms with Crippen molar-refractivity contribution in [3.63, 3.8) is 0 Å². The summed E-state index contributed by atoms with van der Waals surface area (Å²) in [4.78, 5) is 8.36. The molecule has 0 atom stereocenters. The summed E-state index contributed by atoms with van der Waals surface area (Å²) >= 11 is 3.12. The second-order valence-corrected chi connectivity index (χ2v) is 5.08. The molecule has 0 spiro atoms. The Balaban J connectivity index is 1.96. The van der Waals surface area contributed by atoms with Gasteiger partial charge in [-0.25, -0.2) is 9.97 Å². The van der Waals surface area contributed by atoms with Crippen LogP contribution in [0.2, 0.25) is 0 Å². The SMILES string of the molecule is CCNc1cc(CSc2ncns2)ccn1. The van der Waals surface area contributed by atoms with Crippen molar-refractivity contribution in [2.24, 2.45) is 0 Å². The van der Waals surface area contributed by atoms with Crippen LogP contribution in [0.1, 0.15) is 12.5 Å². The monoisotopic (exact) mass is 252 g/mol. The van der Waals surface area contributed by atoms with Crippen LogP contribution in [0.25, 0.3) is 0 Å². The maximum absolute atomic E-state index is 4.23. The van der Waals surface area contributed by atoms with Crippen LogP contribution in [-0.4, -0.2) is 20.9 Å². The van der Waals surface area contributed by atoms with Gasteiger partial charge < -0.3 is 5.32 Å². The molecule has 0 bridgehead atoms. The highest BCUT2D eigenvalue weighted by Crippen LogP contribution is 2.23. The van der Waals surface area contributed by atoms with E-state index in [1.54, 1.807) is 18.1 Å². The molecule has 0 amide bonds. The topological polar surface area (TPSA) is 50.7 Å². The van der Waals surface area contributed by atoms with Crippen molar-refractivity contribution in [3.05, 3.63) is 30.2 Å². The summed E-state index contributed by atoms with van der Waals surface area (Å²) in [6.45, 7) is 2.95. The van der Waals surface area contributed by atoms with Gasteiger partial charge in [0.05, 0.1) is 0 Å². The number of aromatic nitrogens is 3. The van der Waals surface area contributed by atoms with Crippen molar-refractivity contribution in [1.82, 2.24) is 14.3 Å². The molecular formula is C10H12N4S2. The molecular weight excluding hydrogens is 240 g/mol. The Labute approximate surface area is 103 Å². The predicted molar refractivity (Wildman–Crippen MR) is 67.9 cm³/mol. The molecule has 0 aliphatic carbocycles. The van der Waals surface area contributed by atoms with Gasteiger partial charge in [-0.15, -0.1) is 0 Å². The van der Waals surface area contributed by atoms with Crippen molar-refractivity contribution in [2.75, 3.05) is 11.9 Å². The zero-order chi connectivity index (χ0) is 11.2. The molecule has 6 heteroatoms. The summed E-state index contributed by atoms with van der Waals surface area (Å²) in [6.07, 6.45) is 3.41. The fourth-order valence-corrected chi connectivity index (χ4v) is 2.60. The lowest BCUT2D eigenvalue weighted by Crippen LogP contribution is -1.99. The summed E-state index contributed by atoms with van der Waals surface area (Å²) in [6, 6.07) is 4.09. The van der Waals surface area contributed by atoms with Crippen LogP contribution in [0.4, 0.5) is 5.82 Å². The number of nitrogens with one attached hydrogen (secondary N) is 1. The third-order valence-corrected chi connectivity index (χ3v) is 3.75. The average Bonchev–Trinajstić information content (AvgIpc) is 2.80. The number of thioether (sulfide) groups is 1. The molecule has 0 aliphatic rings. The first-order valence-corrected chi connectivity index (χ1v) is 6.72. The second kappa shape index (κ2) is 5.81. The molecule has 16 heavy (non-hydrogen) atoms. The third-order valence-electron chi connectivity index (χ3n) is 1.89. The highest BCUT2D eigenvalue weighted by molar-refractivity contribution is 8.00. The van der Waals surface area contributed by atoms with E-state index in [0.717, 1.165) is 22.5 Å². The van der Waals surface area contributed by atoms with E-state index in [4.69, 9.17) is 0 Å². The molecule has 2 aromatic heterocycles. The predicted octanol–water partition coefficient (Wildman–Crippen LogP) is 2.66. The van der Waals surface area contributed by atoms with Crippen molar-refractivity contribution in [3.8, 4) is 0 Å². The molecule has 0 aromatic carbocycles. The minimum atomic E-state index is 0.889. The van der Waals surface area contributed by atoms with Gasteiger partial charge in [-0.3, -0.25) is 0 Å². The molecule has 0 saturated heterocycles. The van der Waals surface area contributed by atoms with Gasteiger partial charge in [0.15, 0.2) is 4.34 Å². The highest BCUT2D eigenvalue weighted by Gasteiger charge is 2.00. The summed E-state index contributed by atoms with van der Waals surface area (Å²) < 4.78 is 4.97. The van der Waals surface area contributed by atoms with E-state index in [1.165, 1.54) is 17.1 Å². The van der Waals surface area contributed by atoms with Crippen LogP contribution < -0.4 is 5.32 Å². The van der Waals surface area contributed by atoms with E-state index in [-0.39, 0.29) is 0 Å². The fourth-order valence-electron chi connectivity index (χ4n) is 1.21. The number of hydrogen-bond donors (Lipinski definition) is 1. The van der Waals surface area contributed by atoms with Gasteiger partial charge in [-0.05, 0) is 36.2 Å². The van der Waals surface area contributed by atoms with E-state index < -0.39 is 0 Å². The lowest BCUT2D eigenvalue weighted by Gasteiger charge is -2.04. The Bertz CT molecular complexity index is 430. The zero-order valence-corrected chi connectivity index (χ0v) is 10.5. The van der Waals surface area contributed by atoms with Crippen molar-refractivity contribution < 1.29 is 0 Å². The lowest BCUT2D eigenvalue weighted by molar-refractivity contribution is 1.15. The molecule has 2 heterocycles. The summed E-state index contributed by atoms with van der Waals surface area (Å²) in [5.41, 5.74) is 1.24. The van der Waals surface area contributed by atoms with Gasteiger partial charge >= 0.3 is 0 Å². The fraction of sp³-hybridized carbons (Fsp3) is 0.300. The number of anilines is 1. The Morgan fingerprint density at radius 2 is 2.38 bits per heavy atom. The molecule has 0 saturated carbocycles. The first-order valence-electron chi connectivity index (χ1n) is 4.96. The summed E-state index contributed by atoms with van der Waals surface area (Å²) in [5, 5.41) is 3.20. The van der Waals surface area contributed by atoms with Gasteiger partial charge in [0.2, 0.25) is 0 Å². The molecule has 1 N–H and O–H groups in total. The van der Waals surface area contributed by atoms with E-state index >= 15 is 0 Å². The van der Waals surface area contributed by atoms with Crippen LogP contribution in [0.15, 0.2) is 29.0 Å². The largest absolute Gasteiger partial charge is 0.370 e.